The van der Waals surface area contributed by atoms with Gasteiger partial charge in [0.05, 0.1) is 32.0 Å². The van der Waals surface area contributed by atoms with Crippen LogP contribution in [0, 0.1) is 11.8 Å². The van der Waals surface area contributed by atoms with Crippen LogP contribution in [-0.4, -0.2) is 213 Å². The Hall–Kier alpha value is -10.3. The fraction of sp³-hybridized carbons (Fsp3) is 0.582. The van der Waals surface area contributed by atoms with E-state index in [0.717, 1.165) is 0 Å². The molecular formula is C55H88N18O20. The Morgan fingerprint density at radius 1 is 0.473 bits per heavy atom. The summed E-state index contributed by atoms with van der Waals surface area (Å²) >= 11 is 0. The maximum absolute atomic E-state index is 14.2. The maximum atomic E-state index is 14.2. The third kappa shape index (κ3) is 32.3. The molecule has 11 atom stereocenters. The van der Waals surface area contributed by atoms with Gasteiger partial charge in [0.25, 0.3) is 0 Å². The van der Waals surface area contributed by atoms with Crippen molar-refractivity contribution in [1.82, 2.24) is 53.2 Å². The minimum Gasteiger partial charge on any atom is -0.481 e. The predicted octanol–water partition coefficient (Wildman–Crippen LogP) is -8.00. The number of amides is 11. The molecule has 1 aromatic rings. The number of carbonyl (C=O) groups is 15. The van der Waals surface area contributed by atoms with Crippen LogP contribution in [0.25, 0.3) is 0 Å². The average Bonchev–Trinajstić information content (AvgIpc) is 3.27. The summed E-state index contributed by atoms with van der Waals surface area (Å²) in [6.45, 7) is 3.81. The number of nitrogens with one attached hydrogen (secondary N) is 10. The molecule has 0 unspecified atom stereocenters. The molecule has 0 spiro atoms. The molecule has 0 heterocycles. The topological polar surface area (TPSA) is 658 Å². The van der Waals surface area contributed by atoms with Gasteiger partial charge in [0.15, 0.2) is 11.9 Å². The van der Waals surface area contributed by atoms with Crippen molar-refractivity contribution in [3.63, 3.8) is 0 Å². The summed E-state index contributed by atoms with van der Waals surface area (Å²) in [5, 5.41) is 71.2. The van der Waals surface area contributed by atoms with Crippen LogP contribution >= 0.6 is 0 Å². The summed E-state index contributed by atoms with van der Waals surface area (Å²) < 4.78 is 0. The van der Waals surface area contributed by atoms with Crippen molar-refractivity contribution in [2.75, 3.05) is 26.2 Å². The first-order valence-electron chi connectivity index (χ1n) is 29.3. The van der Waals surface area contributed by atoms with Gasteiger partial charge in [0.1, 0.15) is 54.4 Å². The summed E-state index contributed by atoms with van der Waals surface area (Å²) in [4.78, 5) is 203. The Kier molecular flexibility index (Phi) is 36.4. The number of nitrogens with two attached hydrogens (primary N) is 6. The summed E-state index contributed by atoms with van der Waals surface area (Å²) in [5.41, 5.74) is 33.7. The highest BCUT2D eigenvalue weighted by molar-refractivity contribution is 6.00. The van der Waals surface area contributed by atoms with Crippen LogP contribution in [0.1, 0.15) is 104 Å². The third-order valence-electron chi connectivity index (χ3n) is 13.7. The molecule has 0 saturated heterocycles. The number of aliphatic carboxylic acids is 4. The molecule has 0 radical (unpaired) electrons. The summed E-state index contributed by atoms with van der Waals surface area (Å²) in [6.07, 6.45) is -4.95. The Morgan fingerprint density at radius 3 is 1.30 bits per heavy atom. The van der Waals surface area contributed by atoms with E-state index >= 15 is 0 Å². The van der Waals surface area contributed by atoms with Gasteiger partial charge in [-0.05, 0) is 55.9 Å². The molecule has 0 aliphatic heterocycles. The van der Waals surface area contributed by atoms with Gasteiger partial charge >= 0.3 is 23.9 Å². The quantitative estimate of drug-likeness (QED) is 0.0164. The predicted molar refractivity (Wildman–Crippen MR) is 327 cm³/mol. The molecule has 38 nitrogen and oxygen atoms in total. The van der Waals surface area contributed by atoms with Crippen LogP contribution in [0.4, 0.5) is 0 Å². The highest BCUT2D eigenvalue weighted by Gasteiger charge is 2.37. The van der Waals surface area contributed by atoms with Gasteiger partial charge in [0.2, 0.25) is 65.0 Å². The standard InChI is InChI=1S/C55H88N18O20/c1-5-27(4)42(57)51(90)69-31(15-17-37(56)75)47(86)67-29(13-9-19-62-54(58)59)45(84)66-30(14-10-20-63-55(60)61)46(85)68-32(16-18-39(77)78)48(87)70-33(22-40(79)80)44(83)64-24-38(76)65-36(25-74)50(89)73-43(26(2)3)52(91)71-34(23-41(81)82)49(88)72-35(53(92)93)21-28-11-7-6-8-12-28/h6-8,11-12,26-27,29-36,42-43,74H,5,9-10,13-25,57H2,1-4H3,(H2,56,75)(H,64,83)(H,65,76)(H,66,84)(H,67,86)(H,68,85)(H,69,90)(H,70,87)(H,71,91)(H,72,88)(H,73,89)(H,77,78)(H,79,80)(H,81,82)(H,92,93)(H4,58,59,62)(H4,60,61,63)/t27-,29-,30-,31-,32-,33-,34-,35-,36-,42-,43-/m0/s1. The number of carboxylic acids is 4. The third-order valence-corrected chi connectivity index (χ3v) is 13.7. The van der Waals surface area contributed by atoms with E-state index in [-0.39, 0.29) is 69.5 Å². The number of aliphatic hydroxyl groups excluding tert-OH is 1. The number of benzene rings is 1. The number of nitrogens with zero attached hydrogens (tertiary/aromatic N) is 2. The fourth-order valence-corrected chi connectivity index (χ4v) is 8.38. The monoisotopic (exact) mass is 1320 g/mol. The number of guanidine groups is 2. The molecule has 1 rings (SSSR count). The van der Waals surface area contributed by atoms with Crippen LogP contribution in [0.2, 0.25) is 0 Å². The van der Waals surface area contributed by atoms with E-state index in [1.807, 2.05) is 5.32 Å². The lowest BCUT2D eigenvalue weighted by molar-refractivity contribution is -0.144. The van der Waals surface area contributed by atoms with Crippen LogP contribution in [0.3, 0.4) is 0 Å². The lowest BCUT2D eigenvalue weighted by Gasteiger charge is -2.27. The van der Waals surface area contributed by atoms with E-state index in [1.54, 1.807) is 44.2 Å². The number of hydrogen-bond acceptors (Lipinski definition) is 19. The molecule has 0 fully saturated rings. The molecular weight excluding hydrogens is 1230 g/mol. The van der Waals surface area contributed by atoms with Crippen molar-refractivity contribution in [1.29, 1.82) is 0 Å². The lowest BCUT2D eigenvalue weighted by atomic mass is 9.98. The van der Waals surface area contributed by atoms with Crippen molar-refractivity contribution >= 4 is 101 Å². The SMILES string of the molecule is CC[C@H](C)[C@H](N)C(=O)N[C@@H](CCC(N)=O)C(=O)N[C@@H](CCCN=C(N)N)C(=O)N[C@@H](CCCN=C(N)N)C(=O)N[C@@H](CCC(=O)O)C(=O)N[C@@H](CC(=O)O)C(=O)NCC(=O)N[C@@H](CO)C(=O)N[C@H](C(=O)N[C@@H](CC(=O)O)C(=O)N[C@@H](Cc1ccccc1)C(=O)O)C(C)C. The second kappa shape index (κ2) is 41.9. The van der Waals surface area contributed by atoms with Gasteiger partial charge in [0, 0.05) is 32.4 Å². The van der Waals surface area contributed by atoms with E-state index in [2.05, 4.69) is 57.8 Å². The second-order valence-electron chi connectivity index (χ2n) is 21.6. The number of aliphatic imine (C=N–C) groups is 2. The molecule has 0 aliphatic carbocycles. The van der Waals surface area contributed by atoms with Crippen LogP contribution in [0.5, 0.6) is 0 Å². The zero-order valence-corrected chi connectivity index (χ0v) is 51.8. The van der Waals surface area contributed by atoms with Crippen molar-refractivity contribution in [3.05, 3.63) is 35.9 Å². The van der Waals surface area contributed by atoms with Crippen molar-refractivity contribution in [3.8, 4) is 0 Å². The Morgan fingerprint density at radius 2 is 0.882 bits per heavy atom. The number of aliphatic hydroxyl groups is 1. The van der Waals surface area contributed by atoms with E-state index in [9.17, 15) is 97.5 Å². The first-order valence-corrected chi connectivity index (χ1v) is 29.3. The van der Waals surface area contributed by atoms with E-state index < -0.39 is 200 Å². The number of carboxylic acid groups (broad SMARTS) is 4. The second-order valence-corrected chi connectivity index (χ2v) is 21.6. The van der Waals surface area contributed by atoms with Crippen molar-refractivity contribution < 1.29 is 97.5 Å². The number of rotatable bonds is 45. The molecule has 1 aromatic carbocycles. The molecule has 0 aromatic heterocycles. The largest absolute Gasteiger partial charge is 0.481 e. The summed E-state index contributed by atoms with van der Waals surface area (Å²) in [7, 11) is 0. The van der Waals surface area contributed by atoms with E-state index in [1.165, 1.54) is 13.8 Å². The smallest absolute Gasteiger partial charge is 0.326 e. The normalized spacial score (nSPS) is 14.4. The van der Waals surface area contributed by atoms with Crippen molar-refractivity contribution in [2.45, 2.75) is 165 Å². The Labute approximate surface area is 533 Å². The van der Waals surface area contributed by atoms with Crippen molar-refractivity contribution in [2.24, 2.45) is 56.2 Å². The number of primary amides is 1. The lowest BCUT2D eigenvalue weighted by Crippen LogP contribution is -2.60. The van der Waals surface area contributed by atoms with Gasteiger partial charge in [-0.25, -0.2) is 4.79 Å². The van der Waals surface area contributed by atoms with E-state index in [0.29, 0.717) is 12.0 Å². The van der Waals surface area contributed by atoms with Gasteiger partial charge in [-0.15, -0.1) is 0 Å². The average molecular weight is 1320 g/mol. The molecule has 27 N–H and O–H groups in total. The Bertz CT molecular complexity index is 2840. The minimum atomic E-state index is -2.10. The zero-order chi connectivity index (χ0) is 70.7. The van der Waals surface area contributed by atoms with Gasteiger partial charge < -0.3 is 113 Å². The first kappa shape index (κ1) is 80.7. The summed E-state index contributed by atoms with van der Waals surface area (Å²) in [5.74, 6) is -20.6. The minimum absolute atomic E-state index is 0.00582. The van der Waals surface area contributed by atoms with Crippen LogP contribution in [-0.2, 0) is 78.3 Å². The van der Waals surface area contributed by atoms with Gasteiger partial charge in [-0.1, -0.05) is 64.4 Å². The van der Waals surface area contributed by atoms with Crippen LogP contribution < -0.4 is 87.6 Å². The first-order chi connectivity index (χ1) is 43.6. The van der Waals surface area contributed by atoms with E-state index in [4.69, 9.17) is 34.4 Å². The number of carbonyl (C=O) groups excluding carboxylic acids is 11. The zero-order valence-electron chi connectivity index (χ0n) is 51.8. The number of hydrogen-bond donors (Lipinski definition) is 21. The molecule has 0 bridgehead atoms. The highest BCUT2D eigenvalue weighted by atomic mass is 16.4. The molecule has 93 heavy (non-hydrogen) atoms. The molecule has 518 valence electrons. The maximum Gasteiger partial charge on any atom is 0.326 e. The van der Waals surface area contributed by atoms with Crippen LogP contribution in [0.15, 0.2) is 40.3 Å². The molecule has 11 amide bonds. The highest BCUT2D eigenvalue weighted by Crippen LogP contribution is 2.12. The Balaban J connectivity index is 3.45. The van der Waals surface area contributed by atoms with Gasteiger partial charge in [-0.2, -0.15) is 0 Å². The molecule has 0 saturated carbocycles. The molecule has 38 heteroatoms. The fourth-order valence-electron chi connectivity index (χ4n) is 8.38. The summed E-state index contributed by atoms with van der Waals surface area (Å²) in [6, 6.07) is -8.73. The molecule has 0 aliphatic rings. The van der Waals surface area contributed by atoms with Gasteiger partial charge in [-0.3, -0.25) is 77.1 Å².